The summed E-state index contributed by atoms with van der Waals surface area (Å²) in [5.74, 6) is -0.146. The van der Waals surface area contributed by atoms with Crippen LogP contribution in [-0.2, 0) is 22.4 Å². The van der Waals surface area contributed by atoms with E-state index >= 15 is 0 Å². The van der Waals surface area contributed by atoms with Gasteiger partial charge in [0.25, 0.3) is 5.91 Å². The van der Waals surface area contributed by atoms with Crippen molar-refractivity contribution < 1.29 is 18.7 Å². The number of anilines is 1. The van der Waals surface area contributed by atoms with Crippen LogP contribution in [0.2, 0.25) is 0 Å². The standard InChI is InChI=1S/C18H17FN2O3/c19-14-4-2-1-3-13(14)10-17(22)20-8-7-12-5-6-16-15(9-12)21-18(23)11-24-16/h1-6,9H,7-8,10-11H2,(H,20,22)(H,21,23). The Morgan fingerprint density at radius 3 is 2.92 bits per heavy atom. The summed E-state index contributed by atoms with van der Waals surface area (Å²) < 4.78 is 18.8. The van der Waals surface area contributed by atoms with E-state index in [0.29, 0.717) is 30.0 Å². The van der Waals surface area contributed by atoms with E-state index in [2.05, 4.69) is 10.6 Å². The molecule has 0 saturated carbocycles. The molecular weight excluding hydrogens is 311 g/mol. The van der Waals surface area contributed by atoms with Crippen molar-refractivity contribution in [1.29, 1.82) is 0 Å². The van der Waals surface area contributed by atoms with Crippen molar-refractivity contribution in [3.05, 3.63) is 59.4 Å². The van der Waals surface area contributed by atoms with Gasteiger partial charge < -0.3 is 15.4 Å². The van der Waals surface area contributed by atoms with E-state index < -0.39 is 0 Å². The van der Waals surface area contributed by atoms with Crippen molar-refractivity contribution in [2.75, 3.05) is 18.5 Å². The van der Waals surface area contributed by atoms with Crippen LogP contribution in [0.3, 0.4) is 0 Å². The van der Waals surface area contributed by atoms with Gasteiger partial charge in [-0.2, -0.15) is 0 Å². The van der Waals surface area contributed by atoms with Gasteiger partial charge in [0.1, 0.15) is 11.6 Å². The molecule has 3 rings (SSSR count). The number of ether oxygens (including phenoxy) is 1. The van der Waals surface area contributed by atoms with Crippen LogP contribution in [0.25, 0.3) is 0 Å². The van der Waals surface area contributed by atoms with Crippen molar-refractivity contribution >= 4 is 17.5 Å². The monoisotopic (exact) mass is 328 g/mol. The van der Waals surface area contributed by atoms with Crippen LogP contribution in [0.4, 0.5) is 10.1 Å². The molecule has 0 saturated heterocycles. The van der Waals surface area contributed by atoms with E-state index in [-0.39, 0.29) is 30.7 Å². The molecule has 6 heteroatoms. The first-order chi connectivity index (χ1) is 11.6. The SMILES string of the molecule is O=C(Cc1ccccc1F)NCCc1ccc2c(c1)NC(=O)CO2. The van der Waals surface area contributed by atoms with Gasteiger partial charge in [0.2, 0.25) is 5.91 Å². The Morgan fingerprint density at radius 2 is 2.08 bits per heavy atom. The van der Waals surface area contributed by atoms with Gasteiger partial charge in [0.15, 0.2) is 6.61 Å². The fourth-order valence-corrected chi connectivity index (χ4v) is 2.51. The summed E-state index contributed by atoms with van der Waals surface area (Å²) in [7, 11) is 0. The van der Waals surface area contributed by atoms with Crippen molar-refractivity contribution in [2.45, 2.75) is 12.8 Å². The first-order valence-electron chi connectivity index (χ1n) is 7.67. The highest BCUT2D eigenvalue weighted by molar-refractivity contribution is 5.95. The van der Waals surface area contributed by atoms with E-state index in [4.69, 9.17) is 4.74 Å². The van der Waals surface area contributed by atoms with E-state index in [1.54, 1.807) is 24.3 Å². The van der Waals surface area contributed by atoms with Gasteiger partial charge in [0, 0.05) is 6.54 Å². The first kappa shape index (κ1) is 16.0. The second kappa shape index (κ2) is 7.12. The Hall–Kier alpha value is -2.89. The Kier molecular flexibility index (Phi) is 4.74. The largest absolute Gasteiger partial charge is 0.482 e. The molecule has 0 aromatic heterocycles. The lowest BCUT2D eigenvalue weighted by Gasteiger charge is -2.18. The molecular formula is C18H17FN2O3. The molecule has 1 aliphatic heterocycles. The lowest BCUT2D eigenvalue weighted by molar-refractivity contribution is -0.120. The van der Waals surface area contributed by atoms with Gasteiger partial charge in [-0.05, 0) is 35.7 Å². The molecule has 0 fully saturated rings. The van der Waals surface area contributed by atoms with E-state index in [1.165, 1.54) is 6.07 Å². The molecule has 2 N–H and O–H groups in total. The van der Waals surface area contributed by atoms with Crippen LogP contribution in [0.5, 0.6) is 5.75 Å². The average Bonchev–Trinajstić information content (AvgIpc) is 2.56. The summed E-state index contributed by atoms with van der Waals surface area (Å²) in [4.78, 5) is 23.2. The van der Waals surface area contributed by atoms with Gasteiger partial charge in [-0.1, -0.05) is 24.3 Å². The molecule has 2 amide bonds. The third kappa shape index (κ3) is 3.90. The molecule has 0 bridgehead atoms. The molecule has 124 valence electrons. The summed E-state index contributed by atoms with van der Waals surface area (Å²) in [6, 6.07) is 11.7. The van der Waals surface area contributed by atoms with Gasteiger partial charge in [-0.25, -0.2) is 4.39 Å². The summed E-state index contributed by atoms with van der Waals surface area (Å²) in [5.41, 5.74) is 1.98. The Labute approximate surface area is 138 Å². The van der Waals surface area contributed by atoms with E-state index in [1.807, 2.05) is 12.1 Å². The van der Waals surface area contributed by atoms with Crippen LogP contribution in [0.1, 0.15) is 11.1 Å². The predicted molar refractivity (Wildman–Crippen MR) is 87.4 cm³/mol. The normalized spacial score (nSPS) is 12.8. The average molecular weight is 328 g/mol. The third-order valence-corrected chi connectivity index (χ3v) is 3.72. The van der Waals surface area contributed by atoms with Crippen molar-refractivity contribution in [2.24, 2.45) is 0 Å². The van der Waals surface area contributed by atoms with Crippen molar-refractivity contribution in [3.63, 3.8) is 0 Å². The Balaban J connectivity index is 1.51. The van der Waals surface area contributed by atoms with Gasteiger partial charge in [0.05, 0.1) is 12.1 Å². The minimum atomic E-state index is -0.377. The molecule has 1 aliphatic rings. The second-order valence-corrected chi connectivity index (χ2v) is 5.54. The van der Waals surface area contributed by atoms with E-state index in [9.17, 15) is 14.0 Å². The van der Waals surface area contributed by atoms with E-state index in [0.717, 1.165) is 5.56 Å². The molecule has 0 unspecified atom stereocenters. The quantitative estimate of drug-likeness (QED) is 0.883. The number of halogens is 1. The lowest BCUT2D eigenvalue weighted by Crippen LogP contribution is -2.28. The second-order valence-electron chi connectivity index (χ2n) is 5.54. The summed E-state index contributed by atoms with van der Waals surface area (Å²) in [6.07, 6.45) is 0.618. The number of hydrogen-bond acceptors (Lipinski definition) is 3. The molecule has 24 heavy (non-hydrogen) atoms. The van der Waals surface area contributed by atoms with Gasteiger partial charge in [-0.3, -0.25) is 9.59 Å². The summed E-state index contributed by atoms with van der Waals surface area (Å²) in [6.45, 7) is 0.458. The van der Waals surface area contributed by atoms with Crippen molar-refractivity contribution in [1.82, 2.24) is 5.32 Å². The fourth-order valence-electron chi connectivity index (χ4n) is 2.51. The maximum absolute atomic E-state index is 13.5. The van der Waals surface area contributed by atoms with Gasteiger partial charge >= 0.3 is 0 Å². The first-order valence-corrected chi connectivity index (χ1v) is 7.67. The molecule has 0 atom stereocenters. The zero-order valence-electron chi connectivity index (χ0n) is 13.0. The number of nitrogens with one attached hydrogen (secondary N) is 2. The smallest absolute Gasteiger partial charge is 0.262 e. The highest BCUT2D eigenvalue weighted by Gasteiger charge is 2.15. The van der Waals surface area contributed by atoms with Crippen LogP contribution in [0, 0.1) is 5.82 Å². The van der Waals surface area contributed by atoms with Crippen LogP contribution in [0.15, 0.2) is 42.5 Å². The molecule has 0 radical (unpaired) electrons. The minimum absolute atomic E-state index is 0.0146. The van der Waals surface area contributed by atoms with Crippen LogP contribution in [-0.4, -0.2) is 25.0 Å². The topological polar surface area (TPSA) is 67.4 Å². The Morgan fingerprint density at radius 1 is 1.25 bits per heavy atom. The number of carbonyl (C=O) groups excluding carboxylic acids is 2. The highest BCUT2D eigenvalue weighted by Crippen LogP contribution is 2.28. The lowest BCUT2D eigenvalue weighted by atomic mass is 10.1. The molecule has 2 aromatic rings. The highest BCUT2D eigenvalue weighted by atomic mass is 19.1. The molecule has 0 spiro atoms. The fraction of sp³-hybridized carbons (Fsp3) is 0.222. The third-order valence-electron chi connectivity index (χ3n) is 3.72. The maximum atomic E-state index is 13.5. The van der Waals surface area contributed by atoms with Gasteiger partial charge in [-0.15, -0.1) is 0 Å². The van der Waals surface area contributed by atoms with Crippen LogP contribution < -0.4 is 15.4 Å². The zero-order valence-corrected chi connectivity index (χ0v) is 13.0. The minimum Gasteiger partial charge on any atom is -0.482 e. The Bertz CT molecular complexity index is 777. The number of amides is 2. The number of hydrogen-bond donors (Lipinski definition) is 2. The van der Waals surface area contributed by atoms with Crippen molar-refractivity contribution in [3.8, 4) is 5.75 Å². The molecule has 2 aromatic carbocycles. The summed E-state index contributed by atoms with van der Waals surface area (Å²) in [5, 5.41) is 5.52. The number of rotatable bonds is 5. The molecule has 5 nitrogen and oxygen atoms in total. The number of benzene rings is 2. The number of fused-ring (bicyclic) bond motifs is 1. The summed E-state index contributed by atoms with van der Waals surface area (Å²) >= 11 is 0. The van der Waals surface area contributed by atoms with Crippen LogP contribution >= 0.6 is 0 Å². The zero-order chi connectivity index (χ0) is 16.9. The maximum Gasteiger partial charge on any atom is 0.262 e. The number of carbonyl (C=O) groups is 2. The molecule has 1 heterocycles. The molecule has 0 aliphatic carbocycles. The predicted octanol–water partition coefficient (Wildman–Crippen LogP) is 2.06.